The molecule has 1 heterocycles. The highest BCUT2D eigenvalue weighted by Gasteiger charge is 2.27. The van der Waals surface area contributed by atoms with Gasteiger partial charge in [-0.05, 0) is 31.4 Å². The Morgan fingerprint density at radius 1 is 1.38 bits per heavy atom. The molecule has 24 heavy (non-hydrogen) atoms. The fourth-order valence-electron chi connectivity index (χ4n) is 3.05. The zero-order chi connectivity index (χ0) is 16.5. The van der Waals surface area contributed by atoms with Gasteiger partial charge in [0.15, 0.2) is 0 Å². The number of hydrogen-bond acceptors (Lipinski definition) is 4. The van der Waals surface area contributed by atoms with Crippen LogP contribution in [-0.2, 0) is 16.1 Å². The largest absolute Gasteiger partial charge is 0.383 e. The Morgan fingerprint density at radius 3 is 2.83 bits per heavy atom. The van der Waals surface area contributed by atoms with Crippen LogP contribution in [0.5, 0.6) is 0 Å². The van der Waals surface area contributed by atoms with Gasteiger partial charge in [-0.1, -0.05) is 30.3 Å². The Balaban J connectivity index is 0.00000288. The Morgan fingerprint density at radius 2 is 2.12 bits per heavy atom. The molecule has 1 aliphatic rings. The fraction of sp³-hybridized carbons (Fsp3) is 0.611. The maximum absolute atomic E-state index is 11.9. The monoisotopic (exact) mass is 355 g/mol. The third-order valence-electron chi connectivity index (χ3n) is 4.42. The highest BCUT2D eigenvalue weighted by Crippen LogP contribution is 2.21. The molecular formula is C18H30ClN3O2. The highest BCUT2D eigenvalue weighted by atomic mass is 35.5. The van der Waals surface area contributed by atoms with Gasteiger partial charge < -0.3 is 15.4 Å². The summed E-state index contributed by atoms with van der Waals surface area (Å²) in [7, 11) is 1.66. The van der Waals surface area contributed by atoms with E-state index in [1.165, 1.54) is 5.56 Å². The molecule has 0 aliphatic carbocycles. The van der Waals surface area contributed by atoms with Crippen LogP contribution in [0.3, 0.4) is 0 Å². The summed E-state index contributed by atoms with van der Waals surface area (Å²) >= 11 is 0. The van der Waals surface area contributed by atoms with Crippen molar-refractivity contribution in [1.82, 2.24) is 15.5 Å². The summed E-state index contributed by atoms with van der Waals surface area (Å²) in [5.41, 5.74) is 1.35. The summed E-state index contributed by atoms with van der Waals surface area (Å²) in [6, 6.07) is 10.8. The number of methoxy groups -OCH3 is 1. The molecule has 2 N–H and O–H groups in total. The van der Waals surface area contributed by atoms with Crippen molar-refractivity contribution in [2.45, 2.75) is 25.9 Å². The van der Waals surface area contributed by atoms with E-state index in [2.05, 4.69) is 52.8 Å². The Labute approximate surface area is 151 Å². The van der Waals surface area contributed by atoms with Crippen molar-refractivity contribution < 1.29 is 9.53 Å². The first-order valence-electron chi connectivity index (χ1n) is 8.44. The summed E-state index contributed by atoms with van der Waals surface area (Å²) in [6.45, 7) is 6.94. The van der Waals surface area contributed by atoms with Gasteiger partial charge in [0.05, 0.1) is 13.2 Å². The number of ether oxygens (including phenoxy) is 1. The van der Waals surface area contributed by atoms with E-state index in [1.54, 1.807) is 7.11 Å². The smallest absolute Gasteiger partial charge is 0.234 e. The van der Waals surface area contributed by atoms with Gasteiger partial charge in [0.1, 0.15) is 0 Å². The number of amides is 1. The second kappa shape index (κ2) is 11.4. The number of carbonyl (C=O) groups is 1. The topological polar surface area (TPSA) is 53.6 Å². The lowest BCUT2D eigenvalue weighted by Crippen LogP contribution is -2.43. The summed E-state index contributed by atoms with van der Waals surface area (Å²) in [5.74, 6) is 0.594. The van der Waals surface area contributed by atoms with Crippen molar-refractivity contribution in [3.63, 3.8) is 0 Å². The molecule has 1 aromatic rings. The van der Waals surface area contributed by atoms with Gasteiger partial charge in [0, 0.05) is 32.8 Å². The summed E-state index contributed by atoms with van der Waals surface area (Å²) < 4.78 is 4.95. The average molecular weight is 356 g/mol. The number of halogens is 1. The van der Waals surface area contributed by atoms with Crippen molar-refractivity contribution >= 4 is 18.3 Å². The molecular weight excluding hydrogens is 326 g/mol. The molecule has 0 bridgehead atoms. The molecule has 1 fully saturated rings. The maximum Gasteiger partial charge on any atom is 0.234 e. The number of hydrogen-bond donors (Lipinski definition) is 2. The Kier molecular flexibility index (Phi) is 9.95. The van der Waals surface area contributed by atoms with E-state index in [-0.39, 0.29) is 24.4 Å². The lowest BCUT2D eigenvalue weighted by molar-refractivity contribution is -0.121. The van der Waals surface area contributed by atoms with Crippen LogP contribution in [0.1, 0.15) is 18.9 Å². The van der Waals surface area contributed by atoms with Crippen LogP contribution in [0.15, 0.2) is 30.3 Å². The Bertz CT molecular complexity index is 473. The molecule has 1 amide bonds. The first-order chi connectivity index (χ1) is 11.2. The van der Waals surface area contributed by atoms with Crippen LogP contribution in [0.25, 0.3) is 0 Å². The van der Waals surface area contributed by atoms with Crippen molar-refractivity contribution in [2.24, 2.45) is 5.92 Å². The number of nitrogens with zero attached hydrogens (tertiary/aromatic N) is 1. The van der Waals surface area contributed by atoms with Gasteiger partial charge in [0.2, 0.25) is 5.91 Å². The minimum atomic E-state index is 0. The van der Waals surface area contributed by atoms with E-state index in [0.717, 1.165) is 26.1 Å². The van der Waals surface area contributed by atoms with Crippen molar-refractivity contribution in [2.75, 3.05) is 39.9 Å². The van der Waals surface area contributed by atoms with Crippen molar-refractivity contribution in [3.8, 4) is 0 Å². The molecule has 0 radical (unpaired) electrons. The quantitative estimate of drug-likeness (QED) is 0.662. The number of benzene rings is 1. The molecule has 1 saturated heterocycles. The second-order valence-corrected chi connectivity index (χ2v) is 6.30. The van der Waals surface area contributed by atoms with Gasteiger partial charge in [-0.15, -0.1) is 12.4 Å². The summed E-state index contributed by atoms with van der Waals surface area (Å²) in [6.07, 6.45) is 1.14. The van der Waals surface area contributed by atoms with E-state index in [0.29, 0.717) is 25.6 Å². The third kappa shape index (κ3) is 7.18. The van der Waals surface area contributed by atoms with Crippen LogP contribution >= 0.6 is 12.4 Å². The van der Waals surface area contributed by atoms with Crippen LogP contribution < -0.4 is 10.6 Å². The number of likely N-dealkylation sites (tertiary alicyclic amines) is 1. The lowest BCUT2D eigenvalue weighted by atomic mass is 10.0. The van der Waals surface area contributed by atoms with E-state index in [9.17, 15) is 4.79 Å². The molecule has 136 valence electrons. The molecule has 0 aromatic heterocycles. The minimum Gasteiger partial charge on any atom is -0.383 e. The van der Waals surface area contributed by atoms with Gasteiger partial charge in [-0.2, -0.15) is 0 Å². The van der Waals surface area contributed by atoms with Crippen LogP contribution in [-0.4, -0.2) is 56.7 Å². The molecule has 0 saturated carbocycles. The molecule has 0 spiro atoms. The highest BCUT2D eigenvalue weighted by molar-refractivity contribution is 5.85. The zero-order valence-electron chi connectivity index (χ0n) is 14.7. The van der Waals surface area contributed by atoms with Crippen molar-refractivity contribution in [3.05, 3.63) is 35.9 Å². The van der Waals surface area contributed by atoms with E-state index in [4.69, 9.17) is 4.74 Å². The maximum atomic E-state index is 11.9. The third-order valence-corrected chi connectivity index (χ3v) is 4.42. The average Bonchev–Trinajstić information content (AvgIpc) is 3.01. The van der Waals surface area contributed by atoms with Crippen LogP contribution in [0, 0.1) is 5.92 Å². The number of carbonyl (C=O) groups excluding carboxylic acids is 1. The standard InChI is InChI=1S/C18H29N3O2.ClH/c1-15(20-18(22)12-19-9-11-23-2)17-8-10-21(14-17)13-16-6-4-3-5-7-16;/h3-7,15,17,19H,8-14H2,1-2H3,(H,20,22);1H. The normalized spacial score (nSPS) is 18.8. The summed E-state index contributed by atoms with van der Waals surface area (Å²) in [5, 5.41) is 6.19. The first kappa shape index (κ1) is 20.9. The van der Waals surface area contributed by atoms with E-state index in [1.807, 2.05) is 0 Å². The number of rotatable bonds is 9. The van der Waals surface area contributed by atoms with Gasteiger partial charge in [-0.25, -0.2) is 0 Å². The van der Waals surface area contributed by atoms with Crippen LogP contribution in [0.2, 0.25) is 0 Å². The molecule has 1 aliphatic heterocycles. The number of nitrogens with one attached hydrogen (secondary N) is 2. The van der Waals surface area contributed by atoms with E-state index < -0.39 is 0 Å². The molecule has 6 heteroatoms. The summed E-state index contributed by atoms with van der Waals surface area (Å²) in [4.78, 5) is 14.4. The minimum absolute atomic E-state index is 0. The fourth-order valence-corrected chi connectivity index (χ4v) is 3.05. The molecule has 2 rings (SSSR count). The van der Waals surface area contributed by atoms with E-state index >= 15 is 0 Å². The molecule has 5 nitrogen and oxygen atoms in total. The van der Waals surface area contributed by atoms with Gasteiger partial charge in [-0.3, -0.25) is 9.69 Å². The second-order valence-electron chi connectivity index (χ2n) is 6.30. The van der Waals surface area contributed by atoms with Crippen molar-refractivity contribution in [1.29, 1.82) is 0 Å². The predicted octanol–water partition coefficient (Wildman–Crippen LogP) is 1.67. The molecule has 2 unspecified atom stereocenters. The molecule has 2 atom stereocenters. The first-order valence-corrected chi connectivity index (χ1v) is 8.44. The lowest BCUT2D eigenvalue weighted by Gasteiger charge is -2.22. The zero-order valence-corrected chi connectivity index (χ0v) is 15.5. The predicted molar refractivity (Wildman–Crippen MR) is 99.4 cm³/mol. The molecule has 1 aromatic carbocycles. The van der Waals surface area contributed by atoms with Gasteiger partial charge in [0.25, 0.3) is 0 Å². The van der Waals surface area contributed by atoms with Gasteiger partial charge >= 0.3 is 0 Å². The SMILES string of the molecule is COCCNCC(=O)NC(C)C1CCN(Cc2ccccc2)C1.Cl. The van der Waals surface area contributed by atoms with Crippen LogP contribution in [0.4, 0.5) is 0 Å². The Hall–Kier alpha value is -1.14.